The van der Waals surface area contributed by atoms with Crippen LogP contribution in [0.25, 0.3) is 0 Å². The van der Waals surface area contributed by atoms with E-state index in [-0.39, 0.29) is 0 Å². The molecule has 1 N–H and O–H groups in total. The van der Waals surface area contributed by atoms with Gasteiger partial charge in [-0.2, -0.15) is 0 Å². The van der Waals surface area contributed by atoms with Gasteiger partial charge in [0.15, 0.2) is 0 Å². The number of hydrogen-bond acceptors (Lipinski definition) is 3. The second-order valence-corrected chi connectivity index (χ2v) is 5.56. The molecule has 1 heterocycles. The highest BCUT2D eigenvalue weighted by atomic mass is 16.4. The van der Waals surface area contributed by atoms with E-state index in [0.29, 0.717) is 5.92 Å². The summed E-state index contributed by atoms with van der Waals surface area (Å²) < 4.78 is 0. The van der Waals surface area contributed by atoms with Crippen LogP contribution in [-0.2, 0) is 4.79 Å². The minimum absolute atomic E-state index is 0.459. The summed E-state index contributed by atoms with van der Waals surface area (Å²) in [6, 6.07) is 0. The Hall–Kier alpha value is -1.45. The molecular weight excluding hydrogens is 240 g/mol. The van der Waals surface area contributed by atoms with E-state index in [4.69, 9.17) is 5.11 Å². The van der Waals surface area contributed by atoms with Crippen LogP contribution in [0.15, 0.2) is 0 Å². The molecule has 0 aromatic carbocycles. The minimum Gasteiger partial charge on any atom is -0.481 e. The molecule has 1 unspecified atom stereocenters. The zero-order chi connectivity index (χ0) is 14.0. The topological polar surface area (TPSA) is 63.1 Å². The molecule has 0 radical (unpaired) electrons. The normalized spacial score (nSPS) is 18.3. The molecule has 1 aliphatic carbocycles. The number of carboxylic acids is 1. The number of aliphatic carboxylic acids is 1. The largest absolute Gasteiger partial charge is 0.481 e. The Balaban J connectivity index is 2.33. The molecule has 1 atom stereocenters. The predicted octanol–water partition coefficient (Wildman–Crippen LogP) is 3.33. The summed E-state index contributed by atoms with van der Waals surface area (Å²) in [6.07, 6.45) is 6.13. The Labute approximate surface area is 114 Å². The third-order valence-electron chi connectivity index (χ3n) is 4.12. The number of nitrogens with zero attached hydrogens (tertiary/aromatic N) is 2. The van der Waals surface area contributed by atoms with Crippen LogP contribution in [0.3, 0.4) is 0 Å². The van der Waals surface area contributed by atoms with Crippen molar-refractivity contribution in [2.24, 2.45) is 0 Å². The number of aryl methyl sites for hydroxylation is 2. The van der Waals surface area contributed by atoms with Gasteiger partial charge in [0, 0.05) is 22.9 Å². The predicted molar refractivity (Wildman–Crippen MR) is 73.4 cm³/mol. The van der Waals surface area contributed by atoms with E-state index in [2.05, 4.69) is 9.97 Å². The summed E-state index contributed by atoms with van der Waals surface area (Å²) in [6.45, 7) is 5.49. The van der Waals surface area contributed by atoms with E-state index >= 15 is 0 Å². The number of carboxylic acid groups (broad SMARTS) is 1. The third-order valence-corrected chi connectivity index (χ3v) is 4.12. The van der Waals surface area contributed by atoms with Gasteiger partial charge in [-0.15, -0.1) is 0 Å². The molecule has 1 aromatic rings. The smallest absolute Gasteiger partial charge is 0.310 e. The van der Waals surface area contributed by atoms with Crippen molar-refractivity contribution in [1.29, 1.82) is 0 Å². The van der Waals surface area contributed by atoms with Crippen molar-refractivity contribution in [1.82, 2.24) is 9.97 Å². The van der Waals surface area contributed by atoms with Crippen LogP contribution in [0.2, 0.25) is 0 Å². The Morgan fingerprint density at radius 3 is 2.16 bits per heavy atom. The fraction of sp³-hybridized carbons (Fsp3) is 0.667. The van der Waals surface area contributed by atoms with Crippen molar-refractivity contribution in [3.05, 3.63) is 22.8 Å². The number of carbonyl (C=O) groups is 1. The number of rotatable bonds is 3. The summed E-state index contributed by atoms with van der Waals surface area (Å²) in [5, 5.41) is 9.15. The van der Waals surface area contributed by atoms with Crippen LogP contribution >= 0.6 is 0 Å². The van der Waals surface area contributed by atoms with Crippen molar-refractivity contribution in [3.8, 4) is 0 Å². The van der Waals surface area contributed by atoms with Crippen LogP contribution < -0.4 is 0 Å². The van der Waals surface area contributed by atoms with Gasteiger partial charge < -0.3 is 5.11 Å². The monoisotopic (exact) mass is 262 g/mol. The maximum absolute atomic E-state index is 11.1. The van der Waals surface area contributed by atoms with E-state index in [1.165, 1.54) is 19.3 Å². The Bertz CT molecular complexity index is 456. The SMILES string of the molecule is Cc1nc(C2CCCCC2)nc(C)c1C(C)C(=O)O. The molecule has 0 bridgehead atoms. The van der Waals surface area contributed by atoms with Crippen molar-refractivity contribution in [2.45, 2.75) is 64.7 Å². The second kappa shape index (κ2) is 5.68. The van der Waals surface area contributed by atoms with Crippen LogP contribution in [-0.4, -0.2) is 21.0 Å². The van der Waals surface area contributed by atoms with Gasteiger partial charge in [0.25, 0.3) is 0 Å². The first-order valence-electron chi connectivity index (χ1n) is 7.08. The van der Waals surface area contributed by atoms with Gasteiger partial charge in [-0.1, -0.05) is 19.3 Å². The average molecular weight is 262 g/mol. The van der Waals surface area contributed by atoms with Crippen molar-refractivity contribution < 1.29 is 9.90 Å². The third kappa shape index (κ3) is 2.94. The molecule has 2 rings (SSSR count). The molecule has 1 aliphatic rings. The quantitative estimate of drug-likeness (QED) is 0.907. The first-order valence-corrected chi connectivity index (χ1v) is 7.08. The summed E-state index contributed by atoms with van der Waals surface area (Å²) in [5.74, 6) is 0.0111. The standard InChI is InChI=1S/C15H22N2O2/c1-9(15(18)19)13-10(2)16-14(17-11(13)3)12-7-5-4-6-8-12/h9,12H,4-8H2,1-3H3,(H,18,19). The van der Waals surface area contributed by atoms with Crippen molar-refractivity contribution >= 4 is 5.97 Å². The molecule has 104 valence electrons. The highest BCUT2D eigenvalue weighted by Gasteiger charge is 2.24. The van der Waals surface area contributed by atoms with Crippen LogP contribution in [0, 0.1) is 13.8 Å². The van der Waals surface area contributed by atoms with Gasteiger partial charge in [-0.05, 0) is 33.6 Å². The summed E-state index contributed by atoms with van der Waals surface area (Å²) >= 11 is 0. The van der Waals surface area contributed by atoms with Gasteiger partial charge >= 0.3 is 5.97 Å². The Morgan fingerprint density at radius 1 is 1.16 bits per heavy atom. The molecule has 4 nitrogen and oxygen atoms in total. The molecule has 1 saturated carbocycles. The van der Waals surface area contributed by atoms with Crippen LogP contribution in [0.1, 0.15) is 73.6 Å². The Kier molecular flexibility index (Phi) is 4.17. The molecule has 1 fully saturated rings. The lowest BCUT2D eigenvalue weighted by atomic mass is 9.88. The lowest BCUT2D eigenvalue weighted by Gasteiger charge is -2.22. The van der Waals surface area contributed by atoms with Crippen LogP contribution in [0.5, 0.6) is 0 Å². The van der Waals surface area contributed by atoms with Gasteiger partial charge in [-0.3, -0.25) is 4.79 Å². The zero-order valence-corrected chi connectivity index (χ0v) is 11.9. The first kappa shape index (κ1) is 14.0. The van der Waals surface area contributed by atoms with Gasteiger partial charge in [0.1, 0.15) is 5.82 Å². The second-order valence-electron chi connectivity index (χ2n) is 5.56. The molecule has 0 saturated heterocycles. The number of hydrogen-bond donors (Lipinski definition) is 1. The number of aromatic nitrogens is 2. The van der Waals surface area contributed by atoms with Crippen molar-refractivity contribution in [3.63, 3.8) is 0 Å². The fourth-order valence-electron chi connectivity index (χ4n) is 3.04. The lowest BCUT2D eigenvalue weighted by molar-refractivity contribution is -0.138. The fourth-order valence-corrected chi connectivity index (χ4v) is 3.04. The van der Waals surface area contributed by atoms with E-state index in [1.54, 1.807) is 6.92 Å². The summed E-state index contributed by atoms with van der Waals surface area (Å²) in [7, 11) is 0. The van der Waals surface area contributed by atoms with E-state index in [0.717, 1.165) is 35.6 Å². The van der Waals surface area contributed by atoms with Gasteiger partial charge in [0.2, 0.25) is 0 Å². The summed E-state index contributed by atoms with van der Waals surface area (Å²) in [4.78, 5) is 20.3. The zero-order valence-electron chi connectivity index (χ0n) is 11.9. The molecule has 4 heteroatoms. The van der Waals surface area contributed by atoms with Gasteiger partial charge in [-0.25, -0.2) is 9.97 Å². The van der Waals surface area contributed by atoms with E-state index in [1.807, 2.05) is 13.8 Å². The van der Waals surface area contributed by atoms with Gasteiger partial charge in [0.05, 0.1) is 5.92 Å². The van der Waals surface area contributed by atoms with E-state index < -0.39 is 11.9 Å². The summed E-state index contributed by atoms with van der Waals surface area (Å²) in [5.41, 5.74) is 2.41. The molecule has 0 aliphatic heterocycles. The van der Waals surface area contributed by atoms with E-state index in [9.17, 15) is 4.79 Å². The van der Waals surface area contributed by atoms with Crippen LogP contribution in [0.4, 0.5) is 0 Å². The highest BCUT2D eigenvalue weighted by Crippen LogP contribution is 2.32. The van der Waals surface area contributed by atoms with Crippen molar-refractivity contribution in [2.75, 3.05) is 0 Å². The Morgan fingerprint density at radius 2 is 1.68 bits per heavy atom. The average Bonchev–Trinajstić information content (AvgIpc) is 2.38. The maximum Gasteiger partial charge on any atom is 0.310 e. The first-order chi connectivity index (χ1) is 9.00. The molecule has 0 amide bonds. The molecule has 19 heavy (non-hydrogen) atoms. The molecule has 1 aromatic heterocycles. The lowest BCUT2D eigenvalue weighted by Crippen LogP contribution is -2.16. The highest BCUT2D eigenvalue weighted by molar-refractivity contribution is 5.76. The molecule has 0 spiro atoms. The molecular formula is C15H22N2O2. The minimum atomic E-state index is -0.819. The maximum atomic E-state index is 11.1.